The summed E-state index contributed by atoms with van der Waals surface area (Å²) in [6, 6.07) is 9.95. The predicted octanol–water partition coefficient (Wildman–Crippen LogP) is 2.52. The highest BCUT2D eigenvalue weighted by atomic mass is 15.4. The van der Waals surface area contributed by atoms with E-state index in [1.165, 1.54) is 0 Å². The van der Waals surface area contributed by atoms with Crippen LogP contribution in [-0.2, 0) is 0 Å². The number of benzene rings is 1. The van der Waals surface area contributed by atoms with E-state index in [0.29, 0.717) is 5.82 Å². The zero-order chi connectivity index (χ0) is 13.4. The Morgan fingerprint density at radius 3 is 2.74 bits per heavy atom. The van der Waals surface area contributed by atoms with Gasteiger partial charge in [-0.1, -0.05) is 37.3 Å². The van der Waals surface area contributed by atoms with Crippen molar-refractivity contribution in [2.45, 2.75) is 19.8 Å². The molecule has 0 atom stereocenters. The summed E-state index contributed by atoms with van der Waals surface area (Å²) in [5, 5.41) is 9.22. The third-order valence-electron chi connectivity index (χ3n) is 3.12. The van der Waals surface area contributed by atoms with Gasteiger partial charge in [0.25, 0.3) is 0 Å². The first-order valence-electron chi connectivity index (χ1n) is 6.23. The number of pyridine rings is 1. The number of hydrogen-bond donors (Lipinski definition) is 1. The van der Waals surface area contributed by atoms with Crippen molar-refractivity contribution >= 4 is 16.7 Å². The van der Waals surface area contributed by atoms with E-state index in [1.807, 2.05) is 30.3 Å². The molecule has 0 saturated carbocycles. The van der Waals surface area contributed by atoms with Gasteiger partial charge in [-0.2, -0.15) is 0 Å². The lowest BCUT2D eigenvalue weighted by Crippen LogP contribution is -2.06. The molecule has 0 aliphatic heterocycles. The molecule has 0 aliphatic carbocycles. The van der Waals surface area contributed by atoms with Crippen molar-refractivity contribution in [3.8, 4) is 5.69 Å². The SMILES string of the molecule is CC(C)c1c(N)nnn1-c1cccc2cccnc12. The van der Waals surface area contributed by atoms with Crippen LogP contribution in [0.1, 0.15) is 25.5 Å². The molecule has 0 spiro atoms. The van der Waals surface area contributed by atoms with Gasteiger partial charge in [0, 0.05) is 11.6 Å². The number of nitrogen functional groups attached to an aromatic ring is 1. The second-order valence-corrected chi connectivity index (χ2v) is 4.78. The number of fused-ring (bicyclic) bond motifs is 1. The molecule has 5 heteroatoms. The maximum absolute atomic E-state index is 5.91. The van der Waals surface area contributed by atoms with E-state index in [4.69, 9.17) is 5.73 Å². The summed E-state index contributed by atoms with van der Waals surface area (Å²) >= 11 is 0. The zero-order valence-corrected chi connectivity index (χ0v) is 10.9. The van der Waals surface area contributed by atoms with Crippen LogP contribution < -0.4 is 5.73 Å². The summed E-state index contributed by atoms with van der Waals surface area (Å²) in [7, 11) is 0. The van der Waals surface area contributed by atoms with Crippen LogP contribution in [0.2, 0.25) is 0 Å². The van der Waals surface area contributed by atoms with E-state index in [1.54, 1.807) is 10.9 Å². The second-order valence-electron chi connectivity index (χ2n) is 4.78. The Kier molecular flexibility index (Phi) is 2.67. The van der Waals surface area contributed by atoms with Crippen molar-refractivity contribution in [2.75, 3.05) is 5.73 Å². The monoisotopic (exact) mass is 253 g/mol. The van der Waals surface area contributed by atoms with Gasteiger partial charge in [0.2, 0.25) is 0 Å². The van der Waals surface area contributed by atoms with Crippen molar-refractivity contribution in [3.63, 3.8) is 0 Å². The third kappa shape index (κ3) is 1.83. The van der Waals surface area contributed by atoms with E-state index in [-0.39, 0.29) is 5.92 Å². The molecule has 2 heterocycles. The molecule has 0 fully saturated rings. The van der Waals surface area contributed by atoms with Crippen molar-refractivity contribution in [1.82, 2.24) is 20.0 Å². The number of rotatable bonds is 2. The summed E-state index contributed by atoms with van der Waals surface area (Å²) in [6.45, 7) is 4.15. The summed E-state index contributed by atoms with van der Waals surface area (Å²) in [5.41, 5.74) is 8.63. The Labute approximate surface area is 111 Å². The minimum atomic E-state index is 0.244. The molecule has 2 N–H and O–H groups in total. The van der Waals surface area contributed by atoms with E-state index in [2.05, 4.69) is 29.1 Å². The first kappa shape index (κ1) is 11.6. The highest BCUT2D eigenvalue weighted by molar-refractivity contribution is 5.86. The van der Waals surface area contributed by atoms with Crippen molar-refractivity contribution in [1.29, 1.82) is 0 Å². The van der Waals surface area contributed by atoms with Crippen LogP contribution in [0.25, 0.3) is 16.6 Å². The summed E-state index contributed by atoms with van der Waals surface area (Å²) in [5.74, 6) is 0.719. The minimum Gasteiger partial charge on any atom is -0.381 e. The number of hydrogen-bond acceptors (Lipinski definition) is 4. The number of nitrogens with two attached hydrogens (primary N) is 1. The molecular formula is C14H15N5. The molecule has 0 radical (unpaired) electrons. The average molecular weight is 253 g/mol. The molecule has 0 bridgehead atoms. The van der Waals surface area contributed by atoms with Crippen LogP contribution in [0, 0.1) is 0 Å². The van der Waals surface area contributed by atoms with Crippen LogP contribution in [0.5, 0.6) is 0 Å². The Hall–Kier alpha value is -2.43. The lowest BCUT2D eigenvalue weighted by Gasteiger charge is -2.11. The average Bonchev–Trinajstić information content (AvgIpc) is 2.80. The number of aromatic nitrogens is 4. The molecule has 0 amide bonds. The summed E-state index contributed by atoms with van der Waals surface area (Å²) in [6.07, 6.45) is 1.78. The summed E-state index contributed by atoms with van der Waals surface area (Å²) in [4.78, 5) is 4.44. The first-order valence-corrected chi connectivity index (χ1v) is 6.23. The maximum Gasteiger partial charge on any atom is 0.169 e. The van der Waals surface area contributed by atoms with Crippen LogP contribution in [0.15, 0.2) is 36.5 Å². The van der Waals surface area contributed by atoms with E-state index in [9.17, 15) is 0 Å². The van der Waals surface area contributed by atoms with Gasteiger partial charge in [-0.3, -0.25) is 4.98 Å². The van der Waals surface area contributed by atoms with Gasteiger partial charge >= 0.3 is 0 Å². The van der Waals surface area contributed by atoms with Gasteiger partial charge in [-0.25, -0.2) is 4.68 Å². The molecular weight excluding hydrogens is 238 g/mol. The molecule has 96 valence electrons. The molecule has 0 aliphatic rings. The molecule has 3 aromatic rings. The quantitative estimate of drug-likeness (QED) is 0.761. The van der Waals surface area contributed by atoms with Crippen LogP contribution in [0.3, 0.4) is 0 Å². The van der Waals surface area contributed by atoms with E-state index >= 15 is 0 Å². The highest BCUT2D eigenvalue weighted by Gasteiger charge is 2.16. The number of nitrogens with zero attached hydrogens (tertiary/aromatic N) is 4. The highest BCUT2D eigenvalue weighted by Crippen LogP contribution is 2.26. The Morgan fingerprint density at radius 2 is 1.95 bits per heavy atom. The van der Waals surface area contributed by atoms with Gasteiger partial charge in [-0.15, -0.1) is 5.10 Å². The normalized spacial score (nSPS) is 11.3. The molecule has 1 aromatic carbocycles. The van der Waals surface area contributed by atoms with Crippen LogP contribution in [-0.4, -0.2) is 20.0 Å². The van der Waals surface area contributed by atoms with Gasteiger partial charge in [-0.05, 0) is 18.1 Å². The first-order chi connectivity index (χ1) is 9.18. The molecule has 19 heavy (non-hydrogen) atoms. The van der Waals surface area contributed by atoms with Crippen LogP contribution >= 0.6 is 0 Å². The fourth-order valence-electron chi connectivity index (χ4n) is 2.28. The standard InChI is InChI=1S/C14H15N5/c1-9(2)13-14(15)17-18-19(13)11-7-3-5-10-6-4-8-16-12(10)11/h3-9H,15H2,1-2H3. The maximum atomic E-state index is 5.91. The predicted molar refractivity (Wildman–Crippen MR) is 75.2 cm³/mol. The third-order valence-corrected chi connectivity index (χ3v) is 3.12. The van der Waals surface area contributed by atoms with E-state index < -0.39 is 0 Å². The van der Waals surface area contributed by atoms with Crippen molar-refractivity contribution < 1.29 is 0 Å². The van der Waals surface area contributed by atoms with E-state index in [0.717, 1.165) is 22.3 Å². The number of para-hydroxylation sites is 1. The fourth-order valence-corrected chi connectivity index (χ4v) is 2.28. The molecule has 0 saturated heterocycles. The van der Waals surface area contributed by atoms with Crippen molar-refractivity contribution in [2.24, 2.45) is 0 Å². The van der Waals surface area contributed by atoms with Gasteiger partial charge in [0.05, 0.1) is 16.9 Å². The number of anilines is 1. The molecule has 2 aromatic heterocycles. The molecule has 0 unspecified atom stereocenters. The van der Waals surface area contributed by atoms with Crippen LogP contribution in [0.4, 0.5) is 5.82 Å². The molecule has 3 rings (SSSR count). The van der Waals surface area contributed by atoms with Gasteiger partial charge in [0.15, 0.2) is 5.82 Å². The Balaban J connectivity index is 2.31. The smallest absolute Gasteiger partial charge is 0.169 e. The van der Waals surface area contributed by atoms with Gasteiger partial charge in [0.1, 0.15) is 0 Å². The fraction of sp³-hybridized carbons (Fsp3) is 0.214. The minimum absolute atomic E-state index is 0.244. The topological polar surface area (TPSA) is 69.6 Å². The molecule has 5 nitrogen and oxygen atoms in total. The second kappa shape index (κ2) is 4.35. The summed E-state index contributed by atoms with van der Waals surface area (Å²) < 4.78 is 1.79. The lowest BCUT2D eigenvalue weighted by molar-refractivity contribution is 0.718. The largest absolute Gasteiger partial charge is 0.381 e. The Bertz CT molecular complexity index is 724. The zero-order valence-electron chi connectivity index (χ0n) is 10.9. The lowest BCUT2D eigenvalue weighted by atomic mass is 10.1. The van der Waals surface area contributed by atoms with Gasteiger partial charge < -0.3 is 5.73 Å². The Morgan fingerprint density at radius 1 is 1.16 bits per heavy atom. The van der Waals surface area contributed by atoms with Crippen molar-refractivity contribution in [3.05, 3.63) is 42.2 Å².